The zero-order chi connectivity index (χ0) is 8.74. The molecule has 0 saturated heterocycles. The standard InChI is InChI=1S/C8H16O2Si/c1-5-8-11(4,9-6-2)10-7-3/h1H,6-8H2,2-4H3. The summed E-state index contributed by atoms with van der Waals surface area (Å²) in [5.74, 6) is 2.59. The van der Waals surface area contributed by atoms with Gasteiger partial charge in [0.15, 0.2) is 0 Å². The minimum atomic E-state index is -1.99. The Labute approximate surface area is 70.1 Å². The Balaban J connectivity index is 3.92. The number of hydrogen-bond donors (Lipinski definition) is 0. The summed E-state index contributed by atoms with van der Waals surface area (Å²) in [5.41, 5.74) is 0. The lowest BCUT2D eigenvalue weighted by Gasteiger charge is -2.23. The summed E-state index contributed by atoms with van der Waals surface area (Å²) in [6.45, 7) is 7.29. The topological polar surface area (TPSA) is 18.5 Å². The van der Waals surface area contributed by atoms with Crippen molar-refractivity contribution in [1.82, 2.24) is 0 Å². The highest BCUT2D eigenvalue weighted by Crippen LogP contribution is 2.11. The van der Waals surface area contributed by atoms with E-state index in [0.29, 0.717) is 19.3 Å². The van der Waals surface area contributed by atoms with Gasteiger partial charge in [-0.3, -0.25) is 0 Å². The molecule has 3 heteroatoms. The highest BCUT2D eigenvalue weighted by molar-refractivity contribution is 6.66. The van der Waals surface area contributed by atoms with Crippen molar-refractivity contribution in [2.24, 2.45) is 0 Å². The largest absolute Gasteiger partial charge is 0.394 e. The molecule has 0 rings (SSSR count). The average molecular weight is 172 g/mol. The molecular weight excluding hydrogens is 156 g/mol. The van der Waals surface area contributed by atoms with Crippen LogP contribution in [0.5, 0.6) is 0 Å². The second-order valence-electron chi connectivity index (χ2n) is 2.38. The van der Waals surface area contributed by atoms with Gasteiger partial charge in [-0.15, -0.1) is 12.3 Å². The van der Waals surface area contributed by atoms with Gasteiger partial charge in [0.05, 0.1) is 6.04 Å². The molecule has 0 unspecified atom stereocenters. The zero-order valence-corrected chi connectivity index (χ0v) is 8.52. The van der Waals surface area contributed by atoms with Gasteiger partial charge >= 0.3 is 8.56 Å². The van der Waals surface area contributed by atoms with E-state index in [1.807, 2.05) is 20.4 Å². The van der Waals surface area contributed by atoms with Crippen molar-refractivity contribution in [2.45, 2.75) is 26.4 Å². The van der Waals surface area contributed by atoms with Gasteiger partial charge in [-0.25, -0.2) is 0 Å². The van der Waals surface area contributed by atoms with Crippen molar-refractivity contribution in [2.75, 3.05) is 13.2 Å². The molecule has 0 aliphatic rings. The molecule has 11 heavy (non-hydrogen) atoms. The van der Waals surface area contributed by atoms with E-state index in [-0.39, 0.29) is 0 Å². The Morgan fingerprint density at radius 1 is 1.27 bits per heavy atom. The first-order valence-electron chi connectivity index (χ1n) is 3.90. The van der Waals surface area contributed by atoms with Crippen molar-refractivity contribution in [3.8, 4) is 12.3 Å². The summed E-state index contributed by atoms with van der Waals surface area (Å²) < 4.78 is 11.0. The molecule has 0 atom stereocenters. The van der Waals surface area contributed by atoms with Crippen LogP contribution in [0.4, 0.5) is 0 Å². The Hall–Kier alpha value is -0.303. The summed E-state index contributed by atoms with van der Waals surface area (Å²) in [6.07, 6.45) is 5.20. The fourth-order valence-electron chi connectivity index (χ4n) is 0.940. The molecule has 0 aromatic carbocycles. The molecule has 0 bridgehead atoms. The molecule has 0 saturated carbocycles. The minimum absolute atomic E-state index is 0.634. The molecule has 0 radical (unpaired) electrons. The summed E-state index contributed by atoms with van der Waals surface area (Å²) in [4.78, 5) is 0. The van der Waals surface area contributed by atoms with Crippen LogP contribution in [0.2, 0.25) is 12.6 Å². The quantitative estimate of drug-likeness (QED) is 0.465. The van der Waals surface area contributed by atoms with E-state index in [0.717, 1.165) is 0 Å². The van der Waals surface area contributed by atoms with Crippen LogP contribution in [0.25, 0.3) is 0 Å². The van der Waals surface area contributed by atoms with Gasteiger partial charge in [0.2, 0.25) is 0 Å². The van der Waals surface area contributed by atoms with E-state index in [2.05, 4.69) is 5.92 Å². The Morgan fingerprint density at radius 3 is 2.00 bits per heavy atom. The van der Waals surface area contributed by atoms with Gasteiger partial charge in [0, 0.05) is 13.2 Å². The van der Waals surface area contributed by atoms with Gasteiger partial charge in [-0.1, -0.05) is 0 Å². The SMILES string of the molecule is C#CC[Si](C)(OCC)OCC. The van der Waals surface area contributed by atoms with Crippen LogP contribution in [0.15, 0.2) is 0 Å². The van der Waals surface area contributed by atoms with Crippen molar-refractivity contribution in [1.29, 1.82) is 0 Å². The van der Waals surface area contributed by atoms with Crippen molar-refractivity contribution >= 4 is 8.56 Å². The van der Waals surface area contributed by atoms with E-state index < -0.39 is 8.56 Å². The number of hydrogen-bond acceptors (Lipinski definition) is 2. The predicted octanol–water partition coefficient (Wildman–Crippen LogP) is 1.76. The van der Waals surface area contributed by atoms with E-state index in [1.165, 1.54) is 0 Å². The molecule has 0 aliphatic carbocycles. The van der Waals surface area contributed by atoms with E-state index in [9.17, 15) is 0 Å². The lowest BCUT2D eigenvalue weighted by atomic mass is 10.8. The second-order valence-corrected chi connectivity index (χ2v) is 5.58. The van der Waals surface area contributed by atoms with E-state index in [4.69, 9.17) is 15.3 Å². The Morgan fingerprint density at radius 2 is 1.73 bits per heavy atom. The summed E-state index contributed by atoms with van der Waals surface area (Å²) in [7, 11) is -1.99. The molecule has 2 nitrogen and oxygen atoms in total. The molecule has 0 amide bonds. The molecule has 0 spiro atoms. The van der Waals surface area contributed by atoms with E-state index >= 15 is 0 Å². The first kappa shape index (κ1) is 10.7. The van der Waals surface area contributed by atoms with Crippen LogP contribution in [0, 0.1) is 12.3 Å². The molecule has 0 fully saturated rings. The normalized spacial score (nSPS) is 11.1. The van der Waals surface area contributed by atoms with Gasteiger partial charge < -0.3 is 8.85 Å². The van der Waals surface area contributed by atoms with Gasteiger partial charge in [-0.2, -0.15) is 0 Å². The molecule has 64 valence electrons. The highest BCUT2D eigenvalue weighted by atomic mass is 28.4. The lowest BCUT2D eigenvalue weighted by Crippen LogP contribution is -2.38. The van der Waals surface area contributed by atoms with Crippen LogP contribution in [0.1, 0.15) is 13.8 Å². The molecule has 0 aromatic rings. The second kappa shape index (κ2) is 5.36. The molecule has 0 aliphatic heterocycles. The predicted molar refractivity (Wildman–Crippen MR) is 48.5 cm³/mol. The minimum Gasteiger partial charge on any atom is -0.394 e. The first-order chi connectivity index (χ1) is 5.18. The molecular formula is C8H16O2Si. The molecule has 0 aromatic heterocycles. The maximum Gasteiger partial charge on any atom is 0.347 e. The smallest absolute Gasteiger partial charge is 0.347 e. The van der Waals surface area contributed by atoms with Crippen molar-refractivity contribution in [3.05, 3.63) is 0 Å². The third-order valence-corrected chi connectivity index (χ3v) is 3.97. The number of terminal acetylenes is 1. The Bertz CT molecular complexity index is 134. The van der Waals surface area contributed by atoms with E-state index in [1.54, 1.807) is 0 Å². The summed E-state index contributed by atoms with van der Waals surface area (Å²) >= 11 is 0. The summed E-state index contributed by atoms with van der Waals surface area (Å²) in [6, 6.07) is 0.634. The third-order valence-electron chi connectivity index (χ3n) is 1.32. The van der Waals surface area contributed by atoms with Crippen LogP contribution in [-0.4, -0.2) is 21.8 Å². The fourth-order valence-corrected chi connectivity index (χ4v) is 2.82. The maximum atomic E-state index is 5.48. The van der Waals surface area contributed by atoms with Crippen LogP contribution in [0.3, 0.4) is 0 Å². The maximum absolute atomic E-state index is 5.48. The van der Waals surface area contributed by atoms with Crippen LogP contribution < -0.4 is 0 Å². The third kappa shape index (κ3) is 4.20. The van der Waals surface area contributed by atoms with Gasteiger partial charge in [-0.05, 0) is 20.4 Å². The molecule has 0 heterocycles. The van der Waals surface area contributed by atoms with Crippen molar-refractivity contribution in [3.63, 3.8) is 0 Å². The highest BCUT2D eigenvalue weighted by Gasteiger charge is 2.29. The van der Waals surface area contributed by atoms with Gasteiger partial charge in [0.25, 0.3) is 0 Å². The van der Waals surface area contributed by atoms with Crippen molar-refractivity contribution < 1.29 is 8.85 Å². The monoisotopic (exact) mass is 172 g/mol. The van der Waals surface area contributed by atoms with Crippen LogP contribution >= 0.6 is 0 Å². The number of rotatable bonds is 5. The first-order valence-corrected chi connectivity index (χ1v) is 6.42. The van der Waals surface area contributed by atoms with Gasteiger partial charge in [0.1, 0.15) is 0 Å². The fraction of sp³-hybridized carbons (Fsp3) is 0.750. The average Bonchev–Trinajstić information content (AvgIpc) is 1.88. The Kier molecular flexibility index (Phi) is 5.21. The molecule has 0 N–H and O–H groups in total. The summed E-state index contributed by atoms with van der Waals surface area (Å²) in [5, 5.41) is 0. The zero-order valence-electron chi connectivity index (χ0n) is 7.52. The lowest BCUT2D eigenvalue weighted by molar-refractivity contribution is 0.192. The van der Waals surface area contributed by atoms with Crippen LogP contribution in [-0.2, 0) is 8.85 Å².